The van der Waals surface area contributed by atoms with Gasteiger partial charge < -0.3 is 5.32 Å². The van der Waals surface area contributed by atoms with Crippen molar-refractivity contribution in [2.24, 2.45) is 0 Å². The predicted octanol–water partition coefficient (Wildman–Crippen LogP) is 2.32. The van der Waals surface area contributed by atoms with E-state index in [0.717, 1.165) is 37.2 Å². The zero-order valence-electron chi connectivity index (χ0n) is 11.6. The molecule has 0 amide bonds. The van der Waals surface area contributed by atoms with E-state index in [0.29, 0.717) is 12.0 Å². The largest absolute Gasteiger partial charge is 0.317 e. The van der Waals surface area contributed by atoms with Gasteiger partial charge in [-0.05, 0) is 31.8 Å². The van der Waals surface area contributed by atoms with Gasteiger partial charge in [0.15, 0.2) is 0 Å². The van der Waals surface area contributed by atoms with Gasteiger partial charge in [-0.1, -0.05) is 13.8 Å². The molecule has 0 aliphatic carbocycles. The van der Waals surface area contributed by atoms with Gasteiger partial charge in [0.25, 0.3) is 0 Å². The zero-order valence-corrected chi connectivity index (χ0v) is 11.6. The lowest BCUT2D eigenvalue weighted by atomic mass is 10.0. The molecule has 3 rings (SSSR count). The summed E-state index contributed by atoms with van der Waals surface area (Å²) < 4.78 is 2.11. The molecule has 1 saturated heterocycles. The molecule has 3 heterocycles. The molecule has 0 unspecified atom stereocenters. The third kappa shape index (κ3) is 2.42. The maximum atomic E-state index is 4.53. The van der Waals surface area contributed by atoms with E-state index in [9.17, 15) is 0 Å². The van der Waals surface area contributed by atoms with Gasteiger partial charge in [-0.15, -0.1) is 0 Å². The summed E-state index contributed by atoms with van der Waals surface area (Å²) in [6.45, 7) is 6.54. The fourth-order valence-electron chi connectivity index (χ4n) is 2.70. The van der Waals surface area contributed by atoms with Crippen molar-refractivity contribution in [1.82, 2.24) is 25.3 Å². The molecule has 1 aliphatic heterocycles. The molecule has 0 spiro atoms. The molecular formula is C14H21N5. The van der Waals surface area contributed by atoms with E-state index in [2.05, 4.69) is 45.3 Å². The molecule has 2 aromatic heterocycles. The summed E-state index contributed by atoms with van der Waals surface area (Å²) in [4.78, 5) is 0. The van der Waals surface area contributed by atoms with E-state index < -0.39 is 0 Å². The van der Waals surface area contributed by atoms with Crippen LogP contribution >= 0.6 is 0 Å². The Balaban J connectivity index is 1.86. The Hall–Kier alpha value is -1.62. The number of hydrogen-bond donors (Lipinski definition) is 2. The standard InChI is InChI=1S/C14H21N5/c1-10(2)13-8-16-18-14(13)11-7-17-19(9-11)12-3-5-15-6-4-12/h7-10,12,15H,3-6H2,1-2H3,(H,16,18). The predicted molar refractivity (Wildman–Crippen MR) is 75.0 cm³/mol. The molecule has 2 N–H and O–H groups in total. The smallest absolute Gasteiger partial charge is 0.0986 e. The monoisotopic (exact) mass is 259 g/mol. The van der Waals surface area contributed by atoms with Crippen LogP contribution in [0.1, 0.15) is 44.2 Å². The highest BCUT2D eigenvalue weighted by molar-refractivity contribution is 5.61. The average Bonchev–Trinajstić information content (AvgIpc) is 3.08. The summed E-state index contributed by atoms with van der Waals surface area (Å²) in [5.41, 5.74) is 3.41. The maximum absolute atomic E-state index is 4.53. The summed E-state index contributed by atoms with van der Waals surface area (Å²) in [6.07, 6.45) is 8.36. The van der Waals surface area contributed by atoms with Crippen molar-refractivity contribution in [1.29, 1.82) is 0 Å². The van der Waals surface area contributed by atoms with Crippen LogP contribution < -0.4 is 5.32 Å². The molecule has 0 saturated carbocycles. The van der Waals surface area contributed by atoms with Crippen molar-refractivity contribution < 1.29 is 0 Å². The van der Waals surface area contributed by atoms with E-state index in [1.165, 1.54) is 5.56 Å². The van der Waals surface area contributed by atoms with Gasteiger partial charge in [-0.25, -0.2) is 0 Å². The van der Waals surface area contributed by atoms with Crippen LogP contribution in [-0.2, 0) is 0 Å². The van der Waals surface area contributed by atoms with Gasteiger partial charge in [-0.3, -0.25) is 9.78 Å². The van der Waals surface area contributed by atoms with Crippen LogP contribution in [0, 0.1) is 0 Å². The quantitative estimate of drug-likeness (QED) is 0.889. The van der Waals surface area contributed by atoms with Crippen LogP contribution in [0.3, 0.4) is 0 Å². The summed E-state index contributed by atoms with van der Waals surface area (Å²) in [6, 6.07) is 0.524. The molecule has 19 heavy (non-hydrogen) atoms. The number of aromatic nitrogens is 4. The lowest BCUT2D eigenvalue weighted by Gasteiger charge is -2.22. The van der Waals surface area contributed by atoms with Gasteiger partial charge in [0, 0.05) is 23.5 Å². The Morgan fingerprint density at radius 1 is 1.32 bits per heavy atom. The molecule has 1 aliphatic rings. The average molecular weight is 259 g/mol. The fourth-order valence-corrected chi connectivity index (χ4v) is 2.70. The Kier molecular flexibility index (Phi) is 3.38. The van der Waals surface area contributed by atoms with Gasteiger partial charge in [0.05, 0.1) is 17.9 Å². The summed E-state index contributed by atoms with van der Waals surface area (Å²) >= 11 is 0. The first kappa shape index (κ1) is 12.4. The van der Waals surface area contributed by atoms with Gasteiger partial charge in [0.1, 0.15) is 0 Å². The molecule has 1 fully saturated rings. The fraction of sp³-hybridized carbons (Fsp3) is 0.571. The Morgan fingerprint density at radius 2 is 2.11 bits per heavy atom. The number of aromatic amines is 1. The molecule has 5 heteroatoms. The number of nitrogens with one attached hydrogen (secondary N) is 2. The number of hydrogen-bond acceptors (Lipinski definition) is 3. The third-order valence-electron chi connectivity index (χ3n) is 3.85. The Labute approximate surface area is 113 Å². The normalized spacial score (nSPS) is 17.2. The molecule has 102 valence electrons. The number of nitrogens with zero attached hydrogens (tertiary/aromatic N) is 3. The van der Waals surface area contributed by atoms with Crippen LogP contribution in [0.5, 0.6) is 0 Å². The second kappa shape index (κ2) is 5.17. The molecule has 5 nitrogen and oxygen atoms in total. The van der Waals surface area contributed by atoms with Gasteiger partial charge in [0.2, 0.25) is 0 Å². The Morgan fingerprint density at radius 3 is 2.84 bits per heavy atom. The van der Waals surface area contributed by atoms with Crippen LogP contribution in [0.15, 0.2) is 18.6 Å². The molecule has 0 radical (unpaired) electrons. The Bertz CT molecular complexity index is 534. The lowest BCUT2D eigenvalue weighted by molar-refractivity contribution is 0.343. The van der Waals surface area contributed by atoms with Gasteiger partial charge in [-0.2, -0.15) is 10.2 Å². The number of piperidine rings is 1. The van der Waals surface area contributed by atoms with Crippen molar-refractivity contribution in [2.45, 2.75) is 38.6 Å². The van der Waals surface area contributed by atoms with Crippen LogP contribution in [0.4, 0.5) is 0 Å². The first-order valence-corrected chi connectivity index (χ1v) is 7.04. The topological polar surface area (TPSA) is 58.5 Å². The van der Waals surface area contributed by atoms with Crippen molar-refractivity contribution >= 4 is 0 Å². The highest BCUT2D eigenvalue weighted by atomic mass is 15.3. The van der Waals surface area contributed by atoms with Crippen LogP contribution in [0.2, 0.25) is 0 Å². The van der Waals surface area contributed by atoms with Crippen molar-refractivity contribution in [3.05, 3.63) is 24.2 Å². The summed E-state index contributed by atoms with van der Waals surface area (Å²) in [5.74, 6) is 0.469. The third-order valence-corrected chi connectivity index (χ3v) is 3.85. The van der Waals surface area contributed by atoms with E-state index in [4.69, 9.17) is 0 Å². The minimum absolute atomic E-state index is 0.469. The van der Waals surface area contributed by atoms with Crippen molar-refractivity contribution in [2.75, 3.05) is 13.1 Å². The number of H-pyrrole nitrogens is 1. The van der Waals surface area contributed by atoms with Crippen LogP contribution in [0.25, 0.3) is 11.3 Å². The molecule has 0 atom stereocenters. The summed E-state index contributed by atoms with van der Waals surface area (Å²) in [7, 11) is 0. The molecule has 0 bridgehead atoms. The second-order valence-electron chi connectivity index (χ2n) is 5.53. The zero-order chi connectivity index (χ0) is 13.2. The SMILES string of the molecule is CC(C)c1c[nH]nc1-c1cnn(C2CCNCC2)c1. The lowest BCUT2D eigenvalue weighted by Crippen LogP contribution is -2.29. The van der Waals surface area contributed by atoms with Crippen molar-refractivity contribution in [3.8, 4) is 11.3 Å². The number of rotatable bonds is 3. The van der Waals surface area contributed by atoms with E-state index in [1.807, 2.05) is 12.4 Å². The van der Waals surface area contributed by atoms with E-state index >= 15 is 0 Å². The molecule has 2 aromatic rings. The highest BCUT2D eigenvalue weighted by Crippen LogP contribution is 2.28. The first-order chi connectivity index (χ1) is 9.25. The van der Waals surface area contributed by atoms with Crippen molar-refractivity contribution in [3.63, 3.8) is 0 Å². The minimum atomic E-state index is 0.469. The first-order valence-electron chi connectivity index (χ1n) is 7.04. The van der Waals surface area contributed by atoms with E-state index in [1.54, 1.807) is 0 Å². The highest BCUT2D eigenvalue weighted by Gasteiger charge is 2.18. The summed E-state index contributed by atoms with van der Waals surface area (Å²) in [5, 5.41) is 15.3. The molecular weight excluding hydrogens is 238 g/mol. The minimum Gasteiger partial charge on any atom is -0.317 e. The van der Waals surface area contributed by atoms with E-state index in [-0.39, 0.29) is 0 Å². The van der Waals surface area contributed by atoms with Gasteiger partial charge >= 0.3 is 0 Å². The maximum Gasteiger partial charge on any atom is 0.0986 e. The molecule has 0 aromatic carbocycles. The second-order valence-corrected chi connectivity index (χ2v) is 5.53. The van der Waals surface area contributed by atoms with Crippen LogP contribution in [-0.4, -0.2) is 33.1 Å².